The van der Waals surface area contributed by atoms with E-state index in [0.717, 1.165) is 57.0 Å². The van der Waals surface area contributed by atoms with Gasteiger partial charge in [-0.1, -0.05) is 25.7 Å². The summed E-state index contributed by atoms with van der Waals surface area (Å²) in [6.45, 7) is 3.17. The van der Waals surface area contributed by atoms with Gasteiger partial charge in [0.1, 0.15) is 0 Å². The molecule has 1 unspecified atom stereocenters. The van der Waals surface area contributed by atoms with Crippen molar-refractivity contribution in [1.29, 1.82) is 0 Å². The van der Waals surface area contributed by atoms with Crippen molar-refractivity contribution in [3.05, 3.63) is 11.9 Å². The lowest BCUT2D eigenvalue weighted by atomic mass is 10.0. The topological polar surface area (TPSA) is 64.4 Å². The second-order valence-electron chi connectivity index (χ2n) is 9.53. The van der Waals surface area contributed by atoms with Gasteiger partial charge in [-0.25, -0.2) is 13.4 Å². The van der Waals surface area contributed by atoms with E-state index in [-0.39, 0.29) is 17.0 Å². The number of ether oxygens (including phenoxy) is 1. The number of sulfone groups is 1. The molecule has 1 aromatic heterocycles. The van der Waals surface area contributed by atoms with Gasteiger partial charge < -0.3 is 14.2 Å². The predicted octanol–water partition coefficient (Wildman–Crippen LogP) is 3.65. The van der Waals surface area contributed by atoms with E-state index in [1.54, 1.807) is 6.20 Å². The van der Waals surface area contributed by atoms with Crippen LogP contribution in [0, 0.1) is 11.8 Å². The first-order valence-corrected chi connectivity index (χ1v) is 13.2. The van der Waals surface area contributed by atoms with Gasteiger partial charge in [-0.05, 0) is 64.0 Å². The van der Waals surface area contributed by atoms with Crippen LogP contribution in [0.25, 0.3) is 0 Å². The minimum absolute atomic E-state index is 0.102. The van der Waals surface area contributed by atoms with E-state index in [4.69, 9.17) is 4.74 Å². The number of rotatable bonds is 11. The molecule has 2 aliphatic carbocycles. The first kappa shape index (κ1) is 21.3. The zero-order chi connectivity index (χ0) is 20.3. The normalized spacial score (nSPS) is 23.4. The van der Waals surface area contributed by atoms with E-state index >= 15 is 0 Å². The SMILES string of the molecule is CN(CCCC1CCCC1)Cc1cnc(S(=O)(=O)CC2CC2)n1CC1CCCO1. The second kappa shape index (κ2) is 9.48. The summed E-state index contributed by atoms with van der Waals surface area (Å²) >= 11 is 0. The van der Waals surface area contributed by atoms with Gasteiger partial charge in [0.2, 0.25) is 15.0 Å². The Labute approximate surface area is 175 Å². The maximum Gasteiger partial charge on any atom is 0.227 e. The standard InChI is InChI=1S/C22H37N3O3S/c1-24(12-4-8-18-6-2-3-7-18)15-20-14-23-22(29(26,27)17-19-10-11-19)25(20)16-21-9-5-13-28-21/h14,18-19,21H,2-13,15-17H2,1H3. The minimum Gasteiger partial charge on any atom is -0.376 e. The summed E-state index contributed by atoms with van der Waals surface area (Å²) in [5.74, 6) is 1.49. The van der Waals surface area contributed by atoms with E-state index in [1.807, 2.05) is 4.57 Å². The van der Waals surface area contributed by atoms with Gasteiger partial charge >= 0.3 is 0 Å². The Kier molecular flexibility index (Phi) is 6.97. The van der Waals surface area contributed by atoms with Crippen LogP contribution in [0.4, 0.5) is 0 Å². The molecule has 1 aliphatic heterocycles. The summed E-state index contributed by atoms with van der Waals surface area (Å²) in [5, 5.41) is 0.259. The largest absolute Gasteiger partial charge is 0.376 e. The number of imidazole rings is 1. The number of aromatic nitrogens is 2. The van der Waals surface area contributed by atoms with Crippen molar-refractivity contribution in [1.82, 2.24) is 14.5 Å². The molecule has 29 heavy (non-hydrogen) atoms. The molecule has 2 heterocycles. The van der Waals surface area contributed by atoms with Gasteiger partial charge in [-0.2, -0.15) is 0 Å². The van der Waals surface area contributed by atoms with Gasteiger partial charge in [-0.3, -0.25) is 0 Å². The first-order valence-electron chi connectivity index (χ1n) is 11.6. The van der Waals surface area contributed by atoms with Crippen molar-refractivity contribution < 1.29 is 13.2 Å². The van der Waals surface area contributed by atoms with Crippen LogP contribution in [-0.2, 0) is 27.7 Å². The summed E-state index contributed by atoms with van der Waals surface area (Å²) < 4.78 is 33.7. The Bertz CT molecular complexity index is 760. The highest BCUT2D eigenvalue weighted by molar-refractivity contribution is 7.91. The van der Waals surface area contributed by atoms with Gasteiger partial charge in [-0.15, -0.1) is 0 Å². The van der Waals surface area contributed by atoms with Crippen LogP contribution in [-0.4, -0.2) is 54.9 Å². The van der Waals surface area contributed by atoms with Crippen LogP contribution in [0.3, 0.4) is 0 Å². The van der Waals surface area contributed by atoms with Crippen molar-refractivity contribution in [2.24, 2.45) is 11.8 Å². The average molecular weight is 424 g/mol. The number of hydrogen-bond donors (Lipinski definition) is 0. The molecule has 2 saturated carbocycles. The Morgan fingerprint density at radius 1 is 1.14 bits per heavy atom. The lowest BCUT2D eigenvalue weighted by Gasteiger charge is -2.21. The van der Waals surface area contributed by atoms with E-state index in [0.29, 0.717) is 12.5 Å². The van der Waals surface area contributed by atoms with Crippen LogP contribution in [0.1, 0.15) is 69.9 Å². The lowest BCUT2D eigenvalue weighted by molar-refractivity contribution is 0.0934. The summed E-state index contributed by atoms with van der Waals surface area (Å²) in [6.07, 6.45) is 14.1. The van der Waals surface area contributed by atoms with Crippen LogP contribution in [0.5, 0.6) is 0 Å². The molecule has 4 rings (SSSR count). The third-order valence-electron chi connectivity index (χ3n) is 6.80. The Morgan fingerprint density at radius 2 is 1.93 bits per heavy atom. The maximum absolute atomic E-state index is 13.0. The number of hydrogen-bond acceptors (Lipinski definition) is 5. The molecular formula is C22H37N3O3S. The van der Waals surface area contributed by atoms with Crippen molar-refractivity contribution >= 4 is 9.84 Å². The van der Waals surface area contributed by atoms with Crippen molar-refractivity contribution in [3.8, 4) is 0 Å². The predicted molar refractivity (Wildman–Crippen MR) is 114 cm³/mol. The summed E-state index contributed by atoms with van der Waals surface area (Å²) in [7, 11) is -1.20. The van der Waals surface area contributed by atoms with Gasteiger partial charge in [0.05, 0.1) is 30.3 Å². The number of nitrogens with zero attached hydrogens (tertiary/aromatic N) is 3. The molecule has 0 radical (unpaired) electrons. The van der Waals surface area contributed by atoms with Gasteiger partial charge in [0.25, 0.3) is 0 Å². The fourth-order valence-electron chi connectivity index (χ4n) is 4.93. The van der Waals surface area contributed by atoms with Crippen molar-refractivity contribution in [2.75, 3.05) is 26.0 Å². The van der Waals surface area contributed by atoms with E-state index in [9.17, 15) is 8.42 Å². The summed E-state index contributed by atoms with van der Waals surface area (Å²) in [6, 6.07) is 0. The maximum atomic E-state index is 13.0. The lowest BCUT2D eigenvalue weighted by Crippen LogP contribution is -2.26. The molecule has 0 bridgehead atoms. The quantitative estimate of drug-likeness (QED) is 0.544. The zero-order valence-electron chi connectivity index (χ0n) is 17.9. The summed E-state index contributed by atoms with van der Waals surface area (Å²) in [4.78, 5) is 6.71. The Morgan fingerprint density at radius 3 is 2.62 bits per heavy atom. The smallest absolute Gasteiger partial charge is 0.227 e. The summed E-state index contributed by atoms with van der Waals surface area (Å²) in [5.41, 5.74) is 0.998. The zero-order valence-corrected chi connectivity index (χ0v) is 18.7. The third kappa shape index (κ3) is 5.82. The Balaban J connectivity index is 1.41. The minimum atomic E-state index is -3.33. The highest BCUT2D eigenvalue weighted by Crippen LogP contribution is 2.32. The average Bonchev–Trinajstić information content (AvgIpc) is 3.11. The molecule has 164 valence electrons. The van der Waals surface area contributed by atoms with Crippen molar-refractivity contribution in [2.45, 2.75) is 88.6 Å². The monoisotopic (exact) mass is 423 g/mol. The fourth-order valence-corrected chi connectivity index (χ4v) is 6.77. The molecule has 0 aromatic carbocycles. The fraction of sp³-hybridized carbons (Fsp3) is 0.864. The van der Waals surface area contributed by atoms with Gasteiger partial charge in [0, 0.05) is 13.2 Å². The molecule has 0 N–H and O–H groups in total. The van der Waals surface area contributed by atoms with E-state index < -0.39 is 9.84 Å². The van der Waals surface area contributed by atoms with Crippen LogP contribution < -0.4 is 0 Å². The second-order valence-corrected chi connectivity index (χ2v) is 11.5. The van der Waals surface area contributed by atoms with E-state index in [1.165, 1.54) is 38.5 Å². The molecule has 1 atom stereocenters. The third-order valence-corrected chi connectivity index (χ3v) is 8.59. The van der Waals surface area contributed by atoms with Crippen LogP contribution in [0.15, 0.2) is 11.4 Å². The molecule has 7 heteroatoms. The van der Waals surface area contributed by atoms with Crippen LogP contribution >= 0.6 is 0 Å². The molecule has 1 aromatic rings. The molecule has 1 saturated heterocycles. The molecule has 0 spiro atoms. The van der Waals surface area contributed by atoms with Gasteiger partial charge in [0.15, 0.2) is 0 Å². The molecule has 3 fully saturated rings. The van der Waals surface area contributed by atoms with E-state index in [2.05, 4.69) is 16.9 Å². The van der Waals surface area contributed by atoms with Crippen molar-refractivity contribution in [3.63, 3.8) is 0 Å². The molecular weight excluding hydrogens is 386 g/mol. The Hall–Kier alpha value is -0.920. The first-order chi connectivity index (χ1) is 14.0. The van der Waals surface area contributed by atoms with Crippen LogP contribution in [0.2, 0.25) is 0 Å². The highest BCUT2D eigenvalue weighted by Gasteiger charge is 2.33. The highest BCUT2D eigenvalue weighted by atomic mass is 32.2. The molecule has 0 amide bonds. The molecule has 6 nitrogen and oxygen atoms in total. The molecule has 3 aliphatic rings.